The van der Waals surface area contributed by atoms with Crippen LogP contribution in [0.5, 0.6) is 0 Å². The summed E-state index contributed by atoms with van der Waals surface area (Å²) in [6.07, 6.45) is 8.06. The molecule has 2 aliphatic rings. The first-order valence-corrected chi connectivity index (χ1v) is 9.14. The number of hydrogen-bond acceptors (Lipinski definition) is 3. The predicted octanol–water partition coefficient (Wildman–Crippen LogP) is 2.20. The van der Waals surface area contributed by atoms with E-state index in [9.17, 15) is 9.59 Å². The summed E-state index contributed by atoms with van der Waals surface area (Å²) >= 11 is 1.78. The monoisotopic (exact) mass is 310 g/mol. The molecule has 2 rings (SSSR count). The van der Waals surface area contributed by atoms with E-state index >= 15 is 0 Å². The van der Waals surface area contributed by atoms with Gasteiger partial charge in [-0.3, -0.25) is 9.59 Å². The Morgan fingerprint density at radius 3 is 2.76 bits per heavy atom. The lowest BCUT2D eigenvalue weighted by Gasteiger charge is -2.31. The van der Waals surface area contributed by atoms with Crippen molar-refractivity contribution in [3.8, 4) is 0 Å². The van der Waals surface area contributed by atoms with Crippen LogP contribution in [0.4, 0.5) is 0 Å². The van der Waals surface area contributed by atoms with Crippen LogP contribution < -0.4 is 5.32 Å². The molecule has 0 aromatic heterocycles. The first-order chi connectivity index (χ1) is 10.2. The lowest BCUT2D eigenvalue weighted by molar-refractivity contribution is -0.135. The molecular formula is C16H26N2O2S. The van der Waals surface area contributed by atoms with Crippen molar-refractivity contribution in [1.82, 2.24) is 10.2 Å². The second-order valence-electron chi connectivity index (χ2n) is 5.88. The van der Waals surface area contributed by atoms with E-state index in [0.717, 1.165) is 30.9 Å². The van der Waals surface area contributed by atoms with E-state index in [4.69, 9.17) is 0 Å². The van der Waals surface area contributed by atoms with Crippen LogP contribution in [-0.4, -0.2) is 47.4 Å². The maximum atomic E-state index is 12.7. The van der Waals surface area contributed by atoms with Gasteiger partial charge in [0.1, 0.15) is 6.04 Å². The SMILES string of the molecule is C=CCSCCN1CCC(=O)NC(C2CCCCC2)C1=O. The quantitative estimate of drug-likeness (QED) is 0.604. The van der Waals surface area contributed by atoms with Gasteiger partial charge < -0.3 is 10.2 Å². The largest absolute Gasteiger partial charge is 0.344 e. The highest BCUT2D eigenvalue weighted by atomic mass is 32.2. The summed E-state index contributed by atoms with van der Waals surface area (Å²) in [6, 6.07) is -0.287. The summed E-state index contributed by atoms with van der Waals surface area (Å²) in [4.78, 5) is 26.5. The van der Waals surface area contributed by atoms with Gasteiger partial charge in [0.25, 0.3) is 0 Å². The standard InChI is InChI=1S/C16H26N2O2S/c1-2-11-21-12-10-18-9-8-14(19)17-15(16(18)20)13-6-4-3-5-7-13/h2,13,15H,1,3-12H2,(H,17,19). The van der Waals surface area contributed by atoms with E-state index in [1.165, 1.54) is 19.3 Å². The van der Waals surface area contributed by atoms with Crippen molar-refractivity contribution in [2.24, 2.45) is 5.92 Å². The Morgan fingerprint density at radius 1 is 1.29 bits per heavy atom. The van der Waals surface area contributed by atoms with Gasteiger partial charge in [0, 0.05) is 31.0 Å². The van der Waals surface area contributed by atoms with Gasteiger partial charge in [-0.1, -0.05) is 25.3 Å². The van der Waals surface area contributed by atoms with Crippen molar-refractivity contribution in [2.75, 3.05) is 24.6 Å². The maximum Gasteiger partial charge on any atom is 0.245 e. The molecule has 1 aliphatic heterocycles. The molecule has 0 aromatic carbocycles. The third kappa shape index (κ3) is 4.77. The molecule has 1 N–H and O–H groups in total. The first-order valence-electron chi connectivity index (χ1n) is 7.99. The van der Waals surface area contributed by atoms with Crippen molar-refractivity contribution in [3.05, 3.63) is 12.7 Å². The second-order valence-corrected chi connectivity index (χ2v) is 7.03. The van der Waals surface area contributed by atoms with Crippen LogP contribution in [-0.2, 0) is 9.59 Å². The molecule has 1 aliphatic carbocycles. The zero-order valence-corrected chi connectivity index (χ0v) is 13.5. The average Bonchev–Trinajstić information content (AvgIpc) is 2.65. The highest BCUT2D eigenvalue weighted by Crippen LogP contribution is 2.28. The smallest absolute Gasteiger partial charge is 0.245 e. The van der Waals surface area contributed by atoms with Crippen molar-refractivity contribution in [3.63, 3.8) is 0 Å². The lowest BCUT2D eigenvalue weighted by atomic mass is 9.83. The fourth-order valence-electron chi connectivity index (χ4n) is 3.20. The number of nitrogens with zero attached hydrogens (tertiary/aromatic N) is 1. The number of hydrogen-bond donors (Lipinski definition) is 1. The number of thioether (sulfide) groups is 1. The number of carbonyl (C=O) groups is 2. The molecule has 5 heteroatoms. The van der Waals surface area contributed by atoms with E-state index in [1.54, 1.807) is 11.8 Å². The third-order valence-electron chi connectivity index (χ3n) is 4.37. The van der Waals surface area contributed by atoms with Gasteiger partial charge in [0.2, 0.25) is 11.8 Å². The normalized spacial score (nSPS) is 24.6. The highest BCUT2D eigenvalue weighted by Gasteiger charge is 2.35. The molecule has 0 aromatic rings. The van der Waals surface area contributed by atoms with Crippen LogP contribution in [0.15, 0.2) is 12.7 Å². The fourth-order valence-corrected chi connectivity index (χ4v) is 3.88. The molecule has 2 amide bonds. The highest BCUT2D eigenvalue weighted by molar-refractivity contribution is 7.99. The Hall–Kier alpha value is -0.970. The zero-order chi connectivity index (χ0) is 15.1. The molecule has 118 valence electrons. The molecule has 1 unspecified atom stereocenters. The minimum absolute atomic E-state index is 0.0279. The van der Waals surface area contributed by atoms with Gasteiger partial charge in [-0.05, 0) is 18.8 Å². The predicted molar refractivity (Wildman–Crippen MR) is 87.2 cm³/mol. The Bertz CT molecular complexity index is 380. The summed E-state index contributed by atoms with van der Waals surface area (Å²) in [6.45, 7) is 4.99. The van der Waals surface area contributed by atoms with Crippen LogP contribution >= 0.6 is 11.8 Å². The van der Waals surface area contributed by atoms with Gasteiger partial charge in [0.15, 0.2) is 0 Å². The fraction of sp³-hybridized carbons (Fsp3) is 0.750. The van der Waals surface area contributed by atoms with Gasteiger partial charge in [0.05, 0.1) is 0 Å². The van der Waals surface area contributed by atoms with E-state index in [-0.39, 0.29) is 17.9 Å². The van der Waals surface area contributed by atoms with Crippen LogP contribution in [0.3, 0.4) is 0 Å². The molecular weight excluding hydrogens is 284 g/mol. The van der Waals surface area contributed by atoms with E-state index < -0.39 is 0 Å². The summed E-state index contributed by atoms with van der Waals surface area (Å²) < 4.78 is 0. The Morgan fingerprint density at radius 2 is 2.05 bits per heavy atom. The minimum Gasteiger partial charge on any atom is -0.344 e. The van der Waals surface area contributed by atoms with Gasteiger partial charge in [-0.2, -0.15) is 11.8 Å². The Kier molecular flexibility index (Phi) is 6.61. The minimum atomic E-state index is -0.287. The van der Waals surface area contributed by atoms with Crippen LogP contribution in [0.1, 0.15) is 38.5 Å². The summed E-state index contributed by atoms with van der Waals surface area (Å²) in [5.41, 5.74) is 0. The number of rotatable bonds is 6. The van der Waals surface area contributed by atoms with Crippen molar-refractivity contribution < 1.29 is 9.59 Å². The molecule has 0 radical (unpaired) electrons. The Balaban J connectivity index is 1.95. The van der Waals surface area contributed by atoms with Crippen molar-refractivity contribution in [1.29, 1.82) is 0 Å². The first kappa shape index (κ1) is 16.4. The number of carbonyl (C=O) groups excluding carboxylic acids is 2. The zero-order valence-electron chi connectivity index (χ0n) is 12.7. The van der Waals surface area contributed by atoms with Crippen LogP contribution in [0.25, 0.3) is 0 Å². The molecule has 0 spiro atoms. The molecule has 0 bridgehead atoms. The van der Waals surface area contributed by atoms with Crippen molar-refractivity contribution in [2.45, 2.75) is 44.6 Å². The van der Waals surface area contributed by atoms with E-state index in [0.29, 0.717) is 18.9 Å². The molecule has 21 heavy (non-hydrogen) atoms. The van der Waals surface area contributed by atoms with E-state index in [1.807, 2.05) is 11.0 Å². The maximum absolute atomic E-state index is 12.7. The molecule has 2 fully saturated rings. The van der Waals surface area contributed by atoms with Crippen molar-refractivity contribution >= 4 is 23.6 Å². The van der Waals surface area contributed by atoms with Gasteiger partial charge in [-0.25, -0.2) is 0 Å². The molecule has 4 nitrogen and oxygen atoms in total. The van der Waals surface area contributed by atoms with Gasteiger partial charge >= 0.3 is 0 Å². The number of amides is 2. The third-order valence-corrected chi connectivity index (χ3v) is 5.31. The Labute approximate surface area is 131 Å². The molecule has 1 saturated carbocycles. The molecule has 1 saturated heterocycles. The average molecular weight is 310 g/mol. The molecule has 1 atom stereocenters. The van der Waals surface area contributed by atoms with Crippen LogP contribution in [0.2, 0.25) is 0 Å². The lowest BCUT2D eigenvalue weighted by Crippen LogP contribution is -2.50. The summed E-state index contributed by atoms with van der Waals surface area (Å²) in [5, 5.41) is 2.98. The molecule has 1 heterocycles. The second kappa shape index (κ2) is 8.47. The van der Waals surface area contributed by atoms with Crippen LogP contribution in [0, 0.1) is 5.92 Å². The number of nitrogens with one attached hydrogen (secondary N) is 1. The summed E-state index contributed by atoms with van der Waals surface area (Å²) in [7, 11) is 0. The topological polar surface area (TPSA) is 49.4 Å². The van der Waals surface area contributed by atoms with Gasteiger partial charge in [-0.15, -0.1) is 6.58 Å². The van der Waals surface area contributed by atoms with E-state index in [2.05, 4.69) is 11.9 Å². The summed E-state index contributed by atoms with van der Waals surface area (Å²) in [5.74, 6) is 2.30.